The van der Waals surface area contributed by atoms with Gasteiger partial charge in [-0.25, -0.2) is 9.97 Å². The average molecular weight is 341 g/mol. The monoisotopic (exact) mass is 341 g/mol. The molecule has 2 aliphatic rings. The molecule has 2 aliphatic heterocycles. The summed E-state index contributed by atoms with van der Waals surface area (Å²) in [5.41, 5.74) is 2.00. The van der Waals surface area contributed by atoms with E-state index in [-0.39, 0.29) is 17.4 Å². The number of aromatic nitrogens is 4. The van der Waals surface area contributed by atoms with Crippen molar-refractivity contribution < 1.29 is 9.53 Å². The Labute approximate surface area is 147 Å². The minimum absolute atomic E-state index is 0.0832. The van der Waals surface area contributed by atoms with Crippen molar-refractivity contribution in [2.75, 3.05) is 19.7 Å². The fourth-order valence-electron chi connectivity index (χ4n) is 3.97. The Kier molecular flexibility index (Phi) is 4.25. The summed E-state index contributed by atoms with van der Waals surface area (Å²) in [5.74, 6) is 0.0832. The van der Waals surface area contributed by atoms with Gasteiger partial charge in [0.05, 0.1) is 24.5 Å². The van der Waals surface area contributed by atoms with Gasteiger partial charge in [-0.05, 0) is 30.2 Å². The molecule has 0 aliphatic carbocycles. The first-order chi connectivity index (χ1) is 12.1. The maximum atomic E-state index is 12.5. The van der Waals surface area contributed by atoms with E-state index in [2.05, 4.69) is 15.1 Å². The van der Waals surface area contributed by atoms with E-state index in [0.29, 0.717) is 5.56 Å². The number of amides is 1. The predicted molar refractivity (Wildman–Crippen MR) is 90.9 cm³/mol. The molecule has 7 nitrogen and oxygen atoms in total. The van der Waals surface area contributed by atoms with Crippen LogP contribution < -0.4 is 0 Å². The molecule has 4 rings (SSSR count). The van der Waals surface area contributed by atoms with Crippen LogP contribution in [-0.4, -0.2) is 56.4 Å². The van der Waals surface area contributed by atoms with E-state index in [0.717, 1.165) is 50.9 Å². The molecule has 25 heavy (non-hydrogen) atoms. The molecule has 132 valence electrons. The topological polar surface area (TPSA) is 73.1 Å². The second-order valence-electron chi connectivity index (χ2n) is 7.28. The van der Waals surface area contributed by atoms with Crippen molar-refractivity contribution in [2.24, 2.45) is 12.5 Å². The van der Waals surface area contributed by atoms with Crippen LogP contribution in [0.5, 0.6) is 0 Å². The van der Waals surface area contributed by atoms with E-state index in [1.54, 1.807) is 23.4 Å². The Balaban J connectivity index is 1.33. The van der Waals surface area contributed by atoms with Crippen LogP contribution in [0.4, 0.5) is 0 Å². The highest BCUT2D eigenvalue weighted by Gasteiger charge is 2.43. The zero-order valence-corrected chi connectivity index (χ0v) is 14.5. The Morgan fingerprint density at radius 2 is 2.04 bits per heavy atom. The third-order valence-corrected chi connectivity index (χ3v) is 5.43. The third-order valence-electron chi connectivity index (χ3n) is 5.43. The van der Waals surface area contributed by atoms with Crippen molar-refractivity contribution in [2.45, 2.75) is 31.8 Å². The summed E-state index contributed by atoms with van der Waals surface area (Å²) in [6, 6.07) is 0. The van der Waals surface area contributed by atoms with E-state index in [1.807, 2.05) is 24.3 Å². The van der Waals surface area contributed by atoms with Gasteiger partial charge in [-0.2, -0.15) is 5.10 Å². The number of carbonyl (C=O) groups excluding carboxylic acids is 1. The first-order valence-corrected chi connectivity index (χ1v) is 8.77. The van der Waals surface area contributed by atoms with Crippen molar-refractivity contribution in [1.29, 1.82) is 0 Å². The number of hydrogen-bond acceptors (Lipinski definition) is 5. The molecule has 7 heteroatoms. The molecular weight excluding hydrogens is 318 g/mol. The molecular formula is C18H23N5O2. The number of ether oxygens (including phenoxy) is 1. The molecule has 0 saturated carbocycles. The Hall–Kier alpha value is -2.28. The van der Waals surface area contributed by atoms with Crippen molar-refractivity contribution in [3.05, 3.63) is 42.2 Å². The van der Waals surface area contributed by atoms with Gasteiger partial charge < -0.3 is 9.64 Å². The fourth-order valence-corrected chi connectivity index (χ4v) is 3.97. The Bertz CT molecular complexity index is 737. The standard InChI is InChI=1S/C18H23N5O2/c1-22-11-15(10-21-22)17(24)23-4-2-18(3-5-23)7-16(25-12-18)6-14-8-19-13-20-9-14/h8-11,13,16H,2-7,12H2,1H3/t16-/m1/s1. The second kappa shape index (κ2) is 6.55. The number of likely N-dealkylation sites (tertiary alicyclic amines) is 1. The summed E-state index contributed by atoms with van der Waals surface area (Å²) in [4.78, 5) is 22.6. The highest BCUT2D eigenvalue weighted by Crippen LogP contribution is 2.42. The molecule has 0 aromatic carbocycles. The molecule has 0 bridgehead atoms. The first kappa shape index (κ1) is 16.2. The molecule has 0 N–H and O–H groups in total. The van der Waals surface area contributed by atoms with Gasteiger partial charge in [0.25, 0.3) is 5.91 Å². The molecule has 2 aromatic rings. The van der Waals surface area contributed by atoms with E-state index >= 15 is 0 Å². The first-order valence-electron chi connectivity index (χ1n) is 8.77. The van der Waals surface area contributed by atoms with Crippen LogP contribution in [0.15, 0.2) is 31.1 Å². The summed E-state index contributed by atoms with van der Waals surface area (Å²) < 4.78 is 7.73. The molecule has 1 spiro atoms. The lowest BCUT2D eigenvalue weighted by atomic mass is 9.76. The molecule has 1 amide bonds. The second-order valence-corrected chi connectivity index (χ2v) is 7.28. The van der Waals surface area contributed by atoms with Gasteiger partial charge in [0.15, 0.2) is 0 Å². The van der Waals surface area contributed by atoms with Crippen LogP contribution in [-0.2, 0) is 18.2 Å². The SMILES string of the molecule is Cn1cc(C(=O)N2CCC3(CC2)CO[C@H](Cc2cncnc2)C3)cn1. The zero-order valence-electron chi connectivity index (χ0n) is 14.5. The Morgan fingerprint density at radius 1 is 1.28 bits per heavy atom. The minimum atomic E-state index is 0.0832. The highest BCUT2D eigenvalue weighted by molar-refractivity contribution is 5.93. The van der Waals surface area contributed by atoms with Gasteiger partial charge in [0.2, 0.25) is 0 Å². The fraction of sp³-hybridized carbons (Fsp3) is 0.556. The van der Waals surface area contributed by atoms with E-state index < -0.39 is 0 Å². The quantitative estimate of drug-likeness (QED) is 0.845. The van der Waals surface area contributed by atoms with E-state index in [9.17, 15) is 4.79 Å². The molecule has 2 saturated heterocycles. The third kappa shape index (κ3) is 3.42. The number of carbonyl (C=O) groups is 1. The Morgan fingerprint density at radius 3 is 2.72 bits per heavy atom. The van der Waals surface area contributed by atoms with E-state index in [4.69, 9.17) is 4.74 Å². The van der Waals surface area contributed by atoms with E-state index in [1.165, 1.54) is 0 Å². The summed E-state index contributed by atoms with van der Waals surface area (Å²) in [7, 11) is 1.83. The molecule has 2 fully saturated rings. The summed E-state index contributed by atoms with van der Waals surface area (Å²) >= 11 is 0. The van der Waals surface area contributed by atoms with Gasteiger partial charge in [-0.15, -0.1) is 0 Å². The number of piperidine rings is 1. The largest absolute Gasteiger partial charge is 0.377 e. The molecule has 0 radical (unpaired) electrons. The normalized spacial score (nSPS) is 22.4. The lowest BCUT2D eigenvalue weighted by molar-refractivity contribution is 0.0496. The van der Waals surface area contributed by atoms with Gasteiger partial charge in [-0.3, -0.25) is 9.48 Å². The highest BCUT2D eigenvalue weighted by atomic mass is 16.5. The minimum Gasteiger partial charge on any atom is -0.377 e. The van der Waals surface area contributed by atoms with Gasteiger partial charge in [0, 0.05) is 45.1 Å². The molecule has 1 atom stereocenters. The zero-order chi connectivity index (χ0) is 17.3. The maximum Gasteiger partial charge on any atom is 0.257 e. The summed E-state index contributed by atoms with van der Waals surface area (Å²) in [6.07, 6.45) is 12.8. The number of nitrogens with zero attached hydrogens (tertiary/aromatic N) is 5. The average Bonchev–Trinajstić information content (AvgIpc) is 3.23. The molecule has 4 heterocycles. The van der Waals surface area contributed by atoms with Crippen LogP contribution in [0.1, 0.15) is 35.2 Å². The summed E-state index contributed by atoms with van der Waals surface area (Å²) in [5, 5.41) is 4.09. The summed E-state index contributed by atoms with van der Waals surface area (Å²) in [6.45, 7) is 2.37. The lowest BCUT2D eigenvalue weighted by Crippen LogP contribution is -2.43. The molecule has 2 aromatic heterocycles. The van der Waals surface area contributed by atoms with Crippen LogP contribution >= 0.6 is 0 Å². The maximum absolute atomic E-state index is 12.5. The van der Waals surface area contributed by atoms with Gasteiger partial charge >= 0.3 is 0 Å². The number of hydrogen-bond donors (Lipinski definition) is 0. The van der Waals surface area contributed by atoms with Gasteiger partial charge in [0.1, 0.15) is 6.33 Å². The van der Waals surface area contributed by atoms with Crippen molar-refractivity contribution >= 4 is 5.91 Å². The van der Waals surface area contributed by atoms with Crippen molar-refractivity contribution in [3.63, 3.8) is 0 Å². The molecule has 0 unspecified atom stereocenters. The van der Waals surface area contributed by atoms with Gasteiger partial charge in [-0.1, -0.05) is 0 Å². The van der Waals surface area contributed by atoms with Crippen molar-refractivity contribution in [1.82, 2.24) is 24.6 Å². The smallest absolute Gasteiger partial charge is 0.257 e. The van der Waals surface area contributed by atoms with Crippen LogP contribution in [0, 0.1) is 5.41 Å². The number of aryl methyl sites for hydroxylation is 1. The van der Waals surface area contributed by atoms with Crippen molar-refractivity contribution in [3.8, 4) is 0 Å². The van der Waals surface area contributed by atoms with Crippen LogP contribution in [0.3, 0.4) is 0 Å². The number of rotatable bonds is 3. The van der Waals surface area contributed by atoms with Crippen LogP contribution in [0.25, 0.3) is 0 Å². The lowest BCUT2D eigenvalue weighted by Gasteiger charge is -2.38. The van der Waals surface area contributed by atoms with Crippen LogP contribution in [0.2, 0.25) is 0 Å². The predicted octanol–water partition coefficient (Wildman–Crippen LogP) is 1.46.